The summed E-state index contributed by atoms with van der Waals surface area (Å²) in [5, 5.41) is 0. The zero-order valence-electron chi connectivity index (χ0n) is 19.7. The number of benzene rings is 1. The molecule has 0 aliphatic carbocycles. The van der Waals surface area contributed by atoms with Crippen LogP contribution in [-0.4, -0.2) is 35.9 Å². The Hall–Kier alpha value is -3.50. The molecule has 0 amide bonds. The number of hydrogen-bond acceptors (Lipinski definition) is 7. The van der Waals surface area contributed by atoms with Crippen molar-refractivity contribution in [1.29, 1.82) is 0 Å². The first-order valence-electron chi connectivity index (χ1n) is 10.6. The van der Waals surface area contributed by atoms with Gasteiger partial charge in [0.15, 0.2) is 17.2 Å². The summed E-state index contributed by atoms with van der Waals surface area (Å²) in [4.78, 5) is 40.7. The van der Waals surface area contributed by atoms with Gasteiger partial charge in [0.2, 0.25) is 5.75 Å². The lowest BCUT2D eigenvalue weighted by Crippen LogP contribution is -2.27. The van der Waals surface area contributed by atoms with Gasteiger partial charge in [-0.15, -0.1) is 0 Å². The number of esters is 2. The molecule has 11 heteroatoms. The normalized spacial score (nSPS) is 14.0. The maximum absolute atomic E-state index is 13.4. The zero-order valence-corrected chi connectivity index (χ0v) is 19.7. The number of pyridine rings is 1. The Kier molecular flexibility index (Phi) is 8.94. The number of halogens is 4. The molecule has 0 bridgehead atoms. The van der Waals surface area contributed by atoms with E-state index in [4.69, 9.17) is 14.2 Å². The van der Waals surface area contributed by atoms with E-state index in [9.17, 15) is 31.9 Å². The molecule has 0 N–H and O–H groups in total. The lowest BCUT2D eigenvalue weighted by atomic mass is 9.91. The smallest absolute Gasteiger partial charge is 0.416 e. The number of ether oxygens (including phenoxy) is 3. The number of ketones is 1. The van der Waals surface area contributed by atoms with Crippen molar-refractivity contribution in [1.82, 2.24) is 4.98 Å². The molecule has 1 aromatic carbocycles. The van der Waals surface area contributed by atoms with Crippen molar-refractivity contribution in [2.75, 3.05) is 7.11 Å². The summed E-state index contributed by atoms with van der Waals surface area (Å²) in [6.45, 7) is 5.36. The van der Waals surface area contributed by atoms with Crippen LogP contribution in [0.5, 0.6) is 11.5 Å². The third-order valence-corrected chi connectivity index (χ3v) is 5.31. The summed E-state index contributed by atoms with van der Waals surface area (Å²) >= 11 is 0. The molecule has 1 heterocycles. The van der Waals surface area contributed by atoms with Gasteiger partial charge in [0.1, 0.15) is 11.9 Å². The van der Waals surface area contributed by atoms with Gasteiger partial charge in [0.05, 0.1) is 18.6 Å². The first-order valence-corrected chi connectivity index (χ1v) is 10.6. The Morgan fingerprint density at radius 2 is 1.74 bits per heavy atom. The monoisotopic (exact) mass is 499 g/mol. The van der Waals surface area contributed by atoms with Gasteiger partial charge in [-0.25, -0.2) is 9.37 Å². The van der Waals surface area contributed by atoms with Crippen molar-refractivity contribution in [3.05, 3.63) is 53.1 Å². The van der Waals surface area contributed by atoms with Crippen LogP contribution >= 0.6 is 0 Å². The number of Topliss-reactive ketones (excluding diaryl/α,β-unsaturated/α-hetero) is 1. The van der Waals surface area contributed by atoms with Gasteiger partial charge in [-0.2, -0.15) is 13.2 Å². The number of hydrogen-bond donors (Lipinski definition) is 0. The minimum Gasteiger partial charge on any atom is -0.493 e. The molecule has 0 spiro atoms. The van der Waals surface area contributed by atoms with Crippen LogP contribution in [-0.2, 0) is 20.5 Å². The second-order valence-electron chi connectivity index (χ2n) is 7.97. The number of carbonyl (C=O) groups is 3. The predicted octanol–water partition coefficient (Wildman–Crippen LogP) is 5.12. The van der Waals surface area contributed by atoms with Gasteiger partial charge in [0.25, 0.3) is 0 Å². The van der Waals surface area contributed by atoms with Crippen molar-refractivity contribution in [3.8, 4) is 11.5 Å². The van der Waals surface area contributed by atoms with Crippen LogP contribution < -0.4 is 9.47 Å². The minimum atomic E-state index is -4.79. The highest BCUT2D eigenvalue weighted by atomic mass is 19.4. The number of rotatable bonds is 9. The first-order chi connectivity index (χ1) is 16.3. The summed E-state index contributed by atoms with van der Waals surface area (Å²) in [6.07, 6.45) is -4.91. The van der Waals surface area contributed by atoms with Gasteiger partial charge >= 0.3 is 18.1 Å². The minimum absolute atomic E-state index is 0.0935. The first kappa shape index (κ1) is 27.7. The standard InChI is InChI=1S/C24H25F4NO6/c1-12(10-19(31)21-22(35-15(4)30)20(33-5)8-9-29-21)23(32)34-14(3)13(2)17-7-6-16(25)11-18(17)24(26,27)28/h6-9,11-14H,10H2,1-5H3/t12-,13+,14-/m1/s1. The number of methoxy groups -OCH3 is 1. The van der Waals surface area contributed by atoms with E-state index in [1.807, 2.05) is 0 Å². The van der Waals surface area contributed by atoms with Gasteiger partial charge in [-0.1, -0.05) is 19.9 Å². The molecule has 35 heavy (non-hydrogen) atoms. The summed E-state index contributed by atoms with van der Waals surface area (Å²) in [7, 11) is 1.31. The fraction of sp³-hybridized carbons (Fsp3) is 0.417. The number of alkyl halides is 3. The maximum atomic E-state index is 13.4. The fourth-order valence-electron chi connectivity index (χ4n) is 3.32. The molecule has 190 valence electrons. The lowest BCUT2D eigenvalue weighted by molar-refractivity contribution is -0.153. The van der Waals surface area contributed by atoms with Crippen LogP contribution in [0.2, 0.25) is 0 Å². The molecule has 3 atom stereocenters. The highest BCUT2D eigenvalue weighted by Gasteiger charge is 2.36. The van der Waals surface area contributed by atoms with E-state index in [-0.39, 0.29) is 29.2 Å². The van der Waals surface area contributed by atoms with Crippen LogP contribution in [0.15, 0.2) is 30.5 Å². The average molecular weight is 499 g/mol. The van der Waals surface area contributed by atoms with E-state index in [1.165, 1.54) is 40.1 Å². The third kappa shape index (κ3) is 7.00. The molecule has 2 rings (SSSR count). The van der Waals surface area contributed by atoms with Crippen LogP contribution in [0.1, 0.15) is 61.6 Å². The van der Waals surface area contributed by atoms with Crippen molar-refractivity contribution >= 4 is 17.7 Å². The highest BCUT2D eigenvalue weighted by Crippen LogP contribution is 2.37. The summed E-state index contributed by atoms with van der Waals surface area (Å²) in [5.74, 6) is -5.22. The molecule has 0 saturated carbocycles. The van der Waals surface area contributed by atoms with Gasteiger partial charge in [-0.3, -0.25) is 14.4 Å². The molecule has 0 radical (unpaired) electrons. The zero-order chi connectivity index (χ0) is 26.5. The Morgan fingerprint density at radius 1 is 1.09 bits per heavy atom. The highest BCUT2D eigenvalue weighted by molar-refractivity contribution is 5.99. The van der Waals surface area contributed by atoms with E-state index in [0.717, 1.165) is 19.1 Å². The lowest BCUT2D eigenvalue weighted by Gasteiger charge is -2.25. The molecule has 0 aliphatic rings. The predicted molar refractivity (Wildman–Crippen MR) is 116 cm³/mol. The van der Waals surface area contributed by atoms with Crippen LogP contribution in [0.3, 0.4) is 0 Å². The van der Waals surface area contributed by atoms with E-state index < -0.39 is 53.2 Å². The van der Waals surface area contributed by atoms with Crippen LogP contribution in [0.25, 0.3) is 0 Å². The second-order valence-corrected chi connectivity index (χ2v) is 7.97. The van der Waals surface area contributed by atoms with E-state index in [1.54, 1.807) is 0 Å². The summed E-state index contributed by atoms with van der Waals surface area (Å²) < 4.78 is 68.9. The largest absolute Gasteiger partial charge is 0.493 e. The van der Waals surface area contributed by atoms with Gasteiger partial charge in [0, 0.05) is 31.5 Å². The number of nitrogens with zero attached hydrogens (tertiary/aromatic N) is 1. The second kappa shape index (κ2) is 11.3. The van der Waals surface area contributed by atoms with Gasteiger partial charge < -0.3 is 14.2 Å². The van der Waals surface area contributed by atoms with Crippen LogP contribution in [0.4, 0.5) is 17.6 Å². The number of aromatic nitrogens is 1. The van der Waals surface area contributed by atoms with E-state index >= 15 is 0 Å². The van der Waals surface area contributed by atoms with E-state index in [2.05, 4.69) is 4.98 Å². The van der Waals surface area contributed by atoms with Crippen molar-refractivity contribution in [3.63, 3.8) is 0 Å². The molecule has 0 unspecified atom stereocenters. The molecule has 0 aliphatic heterocycles. The molecule has 0 fully saturated rings. The molecular formula is C24H25F4NO6. The average Bonchev–Trinajstić information content (AvgIpc) is 2.77. The maximum Gasteiger partial charge on any atom is 0.416 e. The van der Waals surface area contributed by atoms with Gasteiger partial charge in [-0.05, 0) is 24.6 Å². The summed E-state index contributed by atoms with van der Waals surface area (Å²) in [5.41, 5.74) is -1.60. The SMILES string of the molecule is COc1ccnc(C(=O)C[C@@H](C)C(=O)O[C@H](C)[C@H](C)c2ccc(F)cc2C(F)(F)F)c1OC(C)=O. The molecule has 0 saturated heterocycles. The molecular weight excluding hydrogens is 474 g/mol. The Bertz CT molecular complexity index is 1100. The summed E-state index contributed by atoms with van der Waals surface area (Å²) in [6, 6.07) is 3.69. The topological polar surface area (TPSA) is 91.8 Å². The molecule has 7 nitrogen and oxygen atoms in total. The van der Waals surface area contributed by atoms with Crippen molar-refractivity contribution < 1.29 is 46.2 Å². The fourth-order valence-corrected chi connectivity index (χ4v) is 3.32. The van der Waals surface area contributed by atoms with Crippen molar-refractivity contribution in [2.45, 2.75) is 52.3 Å². The number of carbonyl (C=O) groups excluding carboxylic acids is 3. The molecule has 2 aromatic rings. The van der Waals surface area contributed by atoms with Crippen molar-refractivity contribution in [2.24, 2.45) is 5.92 Å². The Balaban J connectivity index is 2.15. The molecule has 1 aromatic heterocycles. The third-order valence-electron chi connectivity index (χ3n) is 5.31. The van der Waals surface area contributed by atoms with E-state index in [0.29, 0.717) is 6.07 Å². The quantitative estimate of drug-likeness (QED) is 0.269. The Labute approximate surface area is 199 Å². The van der Waals surface area contributed by atoms with Crippen LogP contribution in [0, 0.1) is 11.7 Å². The Morgan fingerprint density at radius 3 is 2.31 bits per heavy atom.